The number of thiophene rings is 1. The molecule has 0 unspecified atom stereocenters. The van der Waals surface area contributed by atoms with Crippen LogP contribution < -0.4 is 0 Å². The molecule has 0 spiro atoms. The van der Waals surface area contributed by atoms with Gasteiger partial charge in [0.15, 0.2) is 0 Å². The van der Waals surface area contributed by atoms with Crippen LogP contribution in [0.4, 0.5) is 0 Å². The molecule has 3 heterocycles. The van der Waals surface area contributed by atoms with Crippen molar-refractivity contribution in [2.75, 3.05) is 20.6 Å². The molecule has 1 aromatic carbocycles. The fourth-order valence-electron chi connectivity index (χ4n) is 3.53. The Hall–Kier alpha value is -2.93. The van der Waals surface area contributed by atoms with Crippen LogP contribution in [0.15, 0.2) is 55.1 Å². The van der Waals surface area contributed by atoms with Gasteiger partial charge in [-0.2, -0.15) is 0 Å². The molecule has 2 amide bonds. The minimum absolute atomic E-state index is 0.00205. The molecule has 6 nitrogen and oxygen atoms in total. The average molecular weight is 394 g/mol. The molecule has 1 fully saturated rings. The van der Waals surface area contributed by atoms with Gasteiger partial charge in [-0.25, -0.2) is 4.98 Å². The van der Waals surface area contributed by atoms with E-state index in [0.29, 0.717) is 10.4 Å². The first-order valence-corrected chi connectivity index (χ1v) is 10.1. The molecule has 0 N–H and O–H groups in total. The van der Waals surface area contributed by atoms with Crippen LogP contribution >= 0.6 is 11.3 Å². The van der Waals surface area contributed by atoms with Gasteiger partial charge < -0.3 is 14.4 Å². The predicted molar refractivity (Wildman–Crippen MR) is 109 cm³/mol. The van der Waals surface area contributed by atoms with Gasteiger partial charge in [0.1, 0.15) is 0 Å². The van der Waals surface area contributed by atoms with Crippen molar-refractivity contribution in [1.29, 1.82) is 0 Å². The Morgan fingerprint density at radius 1 is 1.14 bits per heavy atom. The number of benzene rings is 1. The Morgan fingerprint density at radius 3 is 2.61 bits per heavy atom. The summed E-state index contributed by atoms with van der Waals surface area (Å²) in [6.07, 6.45) is 7.23. The van der Waals surface area contributed by atoms with Crippen LogP contribution in [0.5, 0.6) is 0 Å². The highest BCUT2D eigenvalue weighted by atomic mass is 32.1. The van der Waals surface area contributed by atoms with E-state index in [4.69, 9.17) is 0 Å². The molecular weight excluding hydrogens is 372 g/mol. The lowest BCUT2D eigenvalue weighted by Gasteiger charge is -2.24. The van der Waals surface area contributed by atoms with E-state index in [2.05, 4.69) is 4.98 Å². The summed E-state index contributed by atoms with van der Waals surface area (Å²) in [5.41, 5.74) is 1.65. The highest BCUT2D eigenvalue weighted by Crippen LogP contribution is 2.37. The van der Waals surface area contributed by atoms with Gasteiger partial charge in [0.25, 0.3) is 11.8 Å². The van der Waals surface area contributed by atoms with E-state index in [0.717, 1.165) is 30.0 Å². The first-order chi connectivity index (χ1) is 13.5. The summed E-state index contributed by atoms with van der Waals surface area (Å²) in [7, 11) is 3.50. The number of hydrogen-bond donors (Lipinski definition) is 0. The Balaban J connectivity index is 1.53. The van der Waals surface area contributed by atoms with Crippen LogP contribution in [-0.4, -0.2) is 51.8 Å². The summed E-state index contributed by atoms with van der Waals surface area (Å²) in [6.45, 7) is 0.738. The number of aromatic nitrogens is 2. The molecule has 144 valence electrons. The average Bonchev–Trinajstić information content (AvgIpc) is 3.47. The summed E-state index contributed by atoms with van der Waals surface area (Å²) in [6, 6.07) is 11.5. The first kappa shape index (κ1) is 18.4. The number of rotatable bonds is 4. The standard InChI is InChI=1S/C21H22N4O2S/c1-23(2)21(27)19-10-9-18(28-19)17-4-3-12-25(17)20(26)15-5-7-16(8-6-15)24-13-11-22-14-24/h5-11,13-14,17H,3-4,12H2,1-2H3/t17-/m1/s1. The summed E-state index contributed by atoms with van der Waals surface area (Å²) in [4.78, 5) is 34.6. The van der Waals surface area contributed by atoms with Gasteiger partial charge in [0.2, 0.25) is 0 Å². The number of amides is 2. The molecule has 1 atom stereocenters. The summed E-state index contributed by atoms with van der Waals surface area (Å²) < 4.78 is 1.90. The minimum Gasteiger partial charge on any atom is -0.344 e. The second-order valence-electron chi connectivity index (χ2n) is 7.07. The zero-order valence-corrected chi connectivity index (χ0v) is 16.7. The van der Waals surface area contributed by atoms with Crippen molar-refractivity contribution in [1.82, 2.24) is 19.4 Å². The van der Waals surface area contributed by atoms with E-state index < -0.39 is 0 Å². The molecule has 0 saturated carbocycles. The van der Waals surface area contributed by atoms with Crippen LogP contribution in [0.2, 0.25) is 0 Å². The lowest BCUT2D eigenvalue weighted by Crippen LogP contribution is -2.30. The Labute approximate surface area is 168 Å². The number of carbonyl (C=O) groups excluding carboxylic acids is 2. The second-order valence-corrected chi connectivity index (χ2v) is 8.19. The number of nitrogens with zero attached hydrogens (tertiary/aromatic N) is 4. The molecule has 1 aliphatic heterocycles. The zero-order valence-electron chi connectivity index (χ0n) is 15.9. The van der Waals surface area contributed by atoms with Crippen LogP contribution in [0.1, 0.15) is 43.8 Å². The van der Waals surface area contributed by atoms with Crippen molar-refractivity contribution < 1.29 is 9.59 Å². The highest BCUT2D eigenvalue weighted by molar-refractivity contribution is 7.14. The largest absolute Gasteiger partial charge is 0.344 e. The molecule has 28 heavy (non-hydrogen) atoms. The molecule has 3 aromatic rings. The molecule has 0 bridgehead atoms. The molecule has 2 aromatic heterocycles. The first-order valence-electron chi connectivity index (χ1n) is 9.25. The number of hydrogen-bond acceptors (Lipinski definition) is 4. The minimum atomic E-state index is 0.00205. The van der Waals surface area contributed by atoms with Crippen molar-refractivity contribution >= 4 is 23.2 Å². The van der Waals surface area contributed by atoms with Gasteiger partial charge in [0, 0.05) is 49.2 Å². The van der Waals surface area contributed by atoms with E-state index in [9.17, 15) is 9.59 Å². The van der Waals surface area contributed by atoms with E-state index in [1.165, 1.54) is 11.3 Å². The van der Waals surface area contributed by atoms with Crippen LogP contribution in [-0.2, 0) is 0 Å². The third-order valence-electron chi connectivity index (χ3n) is 5.00. The van der Waals surface area contributed by atoms with E-state index in [1.807, 2.05) is 52.1 Å². The Kier molecular flexibility index (Phi) is 5.00. The molecule has 1 saturated heterocycles. The van der Waals surface area contributed by atoms with Crippen molar-refractivity contribution in [3.05, 3.63) is 70.4 Å². The molecule has 0 aliphatic carbocycles. The van der Waals surface area contributed by atoms with Gasteiger partial charge in [-0.1, -0.05) is 0 Å². The summed E-state index contributed by atoms with van der Waals surface area (Å²) in [5.74, 6) is 0.0378. The van der Waals surface area contributed by atoms with Gasteiger partial charge in [-0.3, -0.25) is 9.59 Å². The normalized spacial score (nSPS) is 16.4. The van der Waals surface area contributed by atoms with Crippen LogP contribution in [0.3, 0.4) is 0 Å². The topological polar surface area (TPSA) is 58.4 Å². The zero-order chi connectivity index (χ0) is 19.7. The second kappa shape index (κ2) is 7.59. The molecule has 4 rings (SSSR count). The highest BCUT2D eigenvalue weighted by Gasteiger charge is 2.32. The number of likely N-dealkylation sites (tertiary alicyclic amines) is 1. The predicted octanol–water partition coefficient (Wildman–Crippen LogP) is 3.61. The maximum absolute atomic E-state index is 13.1. The quantitative estimate of drug-likeness (QED) is 0.679. The van der Waals surface area contributed by atoms with Gasteiger partial charge in [0.05, 0.1) is 17.2 Å². The third-order valence-corrected chi connectivity index (χ3v) is 6.18. The summed E-state index contributed by atoms with van der Waals surface area (Å²) >= 11 is 1.49. The van der Waals surface area contributed by atoms with E-state index in [1.54, 1.807) is 31.5 Å². The number of imidazole rings is 1. The third kappa shape index (κ3) is 3.45. The van der Waals surface area contributed by atoms with Crippen LogP contribution in [0.25, 0.3) is 5.69 Å². The van der Waals surface area contributed by atoms with Gasteiger partial charge >= 0.3 is 0 Å². The smallest absolute Gasteiger partial charge is 0.263 e. The molecule has 0 radical (unpaired) electrons. The maximum Gasteiger partial charge on any atom is 0.263 e. The van der Waals surface area contributed by atoms with Crippen molar-refractivity contribution in [3.63, 3.8) is 0 Å². The van der Waals surface area contributed by atoms with Crippen LogP contribution in [0, 0.1) is 0 Å². The van der Waals surface area contributed by atoms with Gasteiger partial charge in [-0.05, 0) is 49.2 Å². The van der Waals surface area contributed by atoms with E-state index >= 15 is 0 Å². The Morgan fingerprint density at radius 2 is 1.93 bits per heavy atom. The molecular formula is C21H22N4O2S. The maximum atomic E-state index is 13.1. The molecule has 7 heteroatoms. The van der Waals surface area contributed by atoms with E-state index in [-0.39, 0.29) is 17.9 Å². The lowest BCUT2D eigenvalue weighted by atomic mass is 10.1. The van der Waals surface area contributed by atoms with Gasteiger partial charge in [-0.15, -0.1) is 11.3 Å². The fourth-order valence-corrected chi connectivity index (χ4v) is 4.70. The number of carbonyl (C=O) groups is 2. The van der Waals surface area contributed by atoms with Crippen molar-refractivity contribution in [3.8, 4) is 5.69 Å². The van der Waals surface area contributed by atoms with Crippen molar-refractivity contribution in [2.24, 2.45) is 0 Å². The lowest BCUT2D eigenvalue weighted by molar-refractivity contribution is 0.0737. The SMILES string of the molecule is CN(C)C(=O)c1ccc([C@H]2CCCN2C(=O)c2ccc(-n3ccnc3)cc2)s1. The Bertz CT molecular complexity index is 976. The molecule has 1 aliphatic rings. The summed E-state index contributed by atoms with van der Waals surface area (Å²) in [5, 5.41) is 0. The fraction of sp³-hybridized carbons (Fsp3) is 0.286. The monoisotopic (exact) mass is 394 g/mol. The van der Waals surface area contributed by atoms with Crippen molar-refractivity contribution in [2.45, 2.75) is 18.9 Å².